The van der Waals surface area contributed by atoms with E-state index in [9.17, 15) is 9.90 Å². The first-order chi connectivity index (χ1) is 10.0. The molecule has 1 aliphatic rings. The van der Waals surface area contributed by atoms with Gasteiger partial charge in [-0.2, -0.15) is 0 Å². The van der Waals surface area contributed by atoms with E-state index in [-0.39, 0.29) is 11.4 Å². The molecule has 0 atom stereocenters. The number of carboxylic acids is 1. The van der Waals surface area contributed by atoms with Gasteiger partial charge < -0.3 is 9.84 Å². The van der Waals surface area contributed by atoms with Crippen molar-refractivity contribution in [3.63, 3.8) is 0 Å². The van der Waals surface area contributed by atoms with Crippen LogP contribution in [0.5, 0.6) is 11.6 Å². The van der Waals surface area contributed by atoms with Crippen molar-refractivity contribution >= 4 is 17.6 Å². The third-order valence-electron chi connectivity index (χ3n) is 3.59. The van der Waals surface area contributed by atoms with Crippen LogP contribution in [0.2, 0.25) is 5.02 Å². The predicted octanol–water partition coefficient (Wildman–Crippen LogP) is 4.02. The molecule has 1 aromatic heterocycles. The molecule has 0 aliphatic heterocycles. The summed E-state index contributed by atoms with van der Waals surface area (Å²) in [6.45, 7) is 1.86. The molecule has 0 bridgehead atoms. The third-order valence-corrected chi connectivity index (χ3v) is 4.01. The van der Waals surface area contributed by atoms with Crippen molar-refractivity contribution < 1.29 is 14.6 Å². The molecule has 1 aromatic carbocycles. The highest BCUT2D eigenvalue weighted by atomic mass is 35.5. The van der Waals surface area contributed by atoms with Crippen LogP contribution in [0.15, 0.2) is 24.3 Å². The van der Waals surface area contributed by atoms with E-state index >= 15 is 0 Å². The molecular weight excluding hydrogens is 290 g/mol. The van der Waals surface area contributed by atoms with Crippen molar-refractivity contribution in [1.82, 2.24) is 4.98 Å². The Hall–Kier alpha value is -2.07. The lowest BCUT2D eigenvalue weighted by Crippen LogP contribution is -2.05. The minimum Gasteiger partial charge on any atom is -0.477 e. The van der Waals surface area contributed by atoms with Gasteiger partial charge in [0, 0.05) is 10.7 Å². The second-order valence-corrected chi connectivity index (χ2v) is 5.53. The van der Waals surface area contributed by atoms with E-state index in [1.807, 2.05) is 6.92 Å². The van der Waals surface area contributed by atoms with Gasteiger partial charge in [0.1, 0.15) is 11.3 Å². The number of aromatic carboxylic acids is 1. The van der Waals surface area contributed by atoms with E-state index < -0.39 is 5.97 Å². The van der Waals surface area contributed by atoms with Gasteiger partial charge in [-0.15, -0.1) is 0 Å². The van der Waals surface area contributed by atoms with Gasteiger partial charge in [-0.05, 0) is 61.6 Å². The Morgan fingerprint density at radius 1 is 1.33 bits per heavy atom. The molecule has 0 saturated heterocycles. The van der Waals surface area contributed by atoms with E-state index in [4.69, 9.17) is 16.3 Å². The van der Waals surface area contributed by atoms with Crippen LogP contribution in [0, 0.1) is 6.92 Å². The average molecular weight is 304 g/mol. The molecule has 0 spiro atoms. The number of halogens is 1. The first-order valence-corrected chi connectivity index (χ1v) is 7.12. The fourth-order valence-electron chi connectivity index (χ4n) is 2.48. The normalized spacial score (nSPS) is 13.0. The van der Waals surface area contributed by atoms with Gasteiger partial charge in [0.05, 0.1) is 0 Å². The number of pyridine rings is 1. The Balaban J connectivity index is 2.01. The molecular formula is C16H14ClNO3. The zero-order valence-electron chi connectivity index (χ0n) is 11.5. The van der Waals surface area contributed by atoms with E-state index in [0.717, 1.165) is 36.1 Å². The van der Waals surface area contributed by atoms with Crippen molar-refractivity contribution in [3.8, 4) is 11.6 Å². The van der Waals surface area contributed by atoms with Crippen LogP contribution in [0.4, 0.5) is 0 Å². The molecule has 2 aromatic rings. The molecule has 4 nitrogen and oxygen atoms in total. The Morgan fingerprint density at radius 2 is 2.14 bits per heavy atom. The van der Waals surface area contributed by atoms with Crippen molar-refractivity contribution in [3.05, 3.63) is 51.7 Å². The highest BCUT2D eigenvalue weighted by molar-refractivity contribution is 6.31. The Bertz CT molecular complexity index is 728. The van der Waals surface area contributed by atoms with Crippen LogP contribution < -0.4 is 4.74 Å². The monoisotopic (exact) mass is 303 g/mol. The summed E-state index contributed by atoms with van der Waals surface area (Å²) in [5, 5.41) is 9.97. The number of hydrogen-bond donors (Lipinski definition) is 1. The summed E-state index contributed by atoms with van der Waals surface area (Å²) in [6.07, 6.45) is 2.75. The summed E-state index contributed by atoms with van der Waals surface area (Å²) >= 11 is 5.98. The molecule has 108 valence electrons. The molecule has 1 N–H and O–H groups in total. The second-order valence-electron chi connectivity index (χ2n) is 5.12. The number of fused-ring (bicyclic) bond motifs is 1. The maximum Gasteiger partial charge on any atom is 0.341 e. The summed E-state index contributed by atoms with van der Waals surface area (Å²) in [7, 11) is 0. The fourth-order valence-corrected chi connectivity index (χ4v) is 2.59. The van der Waals surface area contributed by atoms with Crippen molar-refractivity contribution in [2.24, 2.45) is 0 Å². The van der Waals surface area contributed by atoms with Gasteiger partial charge in [-0.3, -0.25) is 0 Å². The largest absolute Gasteiger partial charge is 0.477 e. The quantitative estimate of drug-likeness (QED) is 0.930. The Kier molecular flexibility index (Phi) is 3.55. The minimum atomic E-state index is -1.03. The first kappa shape index (κ1) is 13.9. The molecule has 0 radical (unpaired) electrons. The van der Waals surface area contributed by atoms with Crippen LogP contribution in [0.25, 0.3) is 0 Å². The van der Waals surface area contributed by atoms with Crippen LogP contribution >= 0.6 is 11.6 Å². The summed E-state index contributed by atoms with van der Waals surface area (Å²) in [5.41, 5.74) is 2.91. The SMILES string of the molecule is Cc1cc(Oc2nc3c(cc2C(=O)O)CCC3)ccc1Cl. The van der Waals surface area contributed by atoms with Gasteiger partial charge in [-0.25, -0.2) is 9.78 Å². The first-order valence-electron chi connectivity index (χ1n) is 6.74. The van der Waals surface area contributed by atoms with Gasteiger partial charge in [0.25, 0.3) is 0 Å². The molecule has 5 heteroatoms. The maximum atomic E-state index is 11.4. The molecule has 21 heavy (non-hydrogen) atoms. The molecule has 1 heterocycles. The van der Waals surface area contributed by atoms with E-state index in [0.29, 0.717) is 10.8 Å². The highest BCUT2D eigenvalue weighted by Gasteiger charge is 2.21. The standard InChI is InChI=1S/C16H14ClNO3/c1-9-7-11(5-6-13(9)17)21-15-12(16(19)20)8-10-3-2-4-14(10)18-15/h5-8H,2-4H2,1H3,(H,19,20). The van der Waals surface area contributed by atoms with Crippen molar-refractivity contribution in [1.29, 1.82) is 0 Å². The number of benzene rings is 1. The second kappa shape index (κ2) is 5.37. The van der Waals surface area contributed by atoms with Crippen molar-refractivity contribution in [2.75, 3.05) is 0 Å². The van der Waals surface area contributed by atoms with Gasteiger partial charge in [0.15, 0.2) is 0 Å². The lowest BCUT2D eigenvalue weighted by atomic mass is 10.1. The summed E-state index contributed by atoms with van der Waals surface area (Å²) in [5.74, 6) is -0.354. The molecule has 3 rings (SSSR count). The summed E-state index contributed by atoms with van der Waals surface area (Å²) in [6, 6.07) is 6.87. The maximum absolute atomic E-state index is 11.4. The van der Waals surface area contributed by atoms with Gasteiger partial charge in [0.2, 0.25) is 5.88 Å². The summed E-state index contributed by atoms with van der Waals surface area (Å²) < 4.78 is 5.68. The topological polar surface area (TPSA) is 59.4 Å². The number of carboxylic acid groups (broad SMARTS) is 1. The van der Waals surface area contributed by atoms with E-state index in [1.54, 1.807) is 24.3 Å². The number of ether oxygens (including phenoxy) is 1. The highest BCUT2D eigenvalue weighted by Crippen LogP contribution is 2.31. The van der Waals surface area contributed by atoms with Crippen LogP contribution in [0.1, 0.15) is 33.6 Å². The Morgan fingerprint density at radius 3 is 2.86 bits per heavy atom. The average Bonchev–Trinajstić information content (AvgIpc) is 2.89. The number of carbonyl (C=O) groups is 1. The van der Waals surface area contributed by atoms with Crippen molar-refractivity contribution in [2.45, 2.75) is 26.2 Å². The molecule has 0 unspecified atom stereocenters. The molecule has 0 saturated carbocycles. The summed E-state index contributed by atoms with van der Waals surface area (Å²) in [4.78, 5) is 15.8. The number of rotatable bonds is 3. The van der Waals surface area contributed by atoms with Crippen LogP contribution in [-0.4, -0.2) is 16.1 Å². The molecule has 0 amide bonds. The minimum absolute atomic E-state index is 0.100. The van der Waals surface area contributed by atoms with Gasteiger partial charge >= 0.3 is 5.97 Å². The third kappa shape index (κ3) is 2.72. The smallest absolute Gasteiger partial charge is 0.341 e. The number of aryl methyl sites for hydroxylation is 3. The van der Waals surface area contributed by atoms with Crippen LogP contribution in [-0.2, 0) is 12.8 Å². The Labute approximate surface area is 127 Å². The zero-order valence-corrected chi connectivity index (χ0v) is 12.3. The van der Waals surface area contributed by atoms with E-state index in [2.05, 4.69) is 4.98 Å². The predicted molar refractivity (Wildman–Crippen MR) is 79.5 cm³/mol. The lowest BCUT2D eigenvalue weighted by molar-refractivity contribution is 0.0693. The number of nitrogens with zero attached hydrogens (tertiary/aromatic N) is 1. The number of aromatic nitrogens is 1. The number of hydrogen-bond acceptors (Lipinski definition) is 3. The zero-order chi connectivity index (χ0) is 15.0. The van der Waals surface area contributed by atoms with Crippen LogP contribution in [0.3, 0.4) is 0 Å². The molecule has 0 fully saturated rings. The van der Waals surface area contributed by atoms with E-state index in [1.165, 1.54) is 0 Å². The fraction of sp³-hybridized carbons (Fsp3) is 0.250. The molecule has 1 aliphatic carbocycles. The lowest BCUT2D eigenvalue weighted by Gasteiger charge is -2.11. The van der Waals surface area contributed by atoms with Gasteiger partial charge in [-0.1, -0.05) is 11.6 Å².